The minimum Gasteiger partial charge on any atom is -0.494 e. The predicted molar refractivity (Wildman–Crippen MR) is 74.8 cm³/mol. The maximum Gasteiger partial charge on any atom is 0.127 e. The van der Waals surface area contributed by atoms with E-state index >= 15 is 0 Å². The summed E-state index contributed by atoms with van der Waals surface area (Å²) in [6.45, 7) is 4.34. The molecule has 0 spiro atoms. The third-order valence-electron chi connectivity index (χ3n) is 2.73. The Bertz CT molecular complexity index is 501. The maximum absolute atomic E-state index is 9.43. The largest absolute Gasteiger partial charge is 0.494 e. The first-order chi connectivity index (χ1) is 9.19. The van der Waals surface area contributed by atoms with Crippen molar-refractivity contribution < 1.29 is 14.6 Å². The lowest BCUT2D eigenvalue weighted by molar-refractivity contribution is 0.199. The van der Waals surface area contributed by atoms with Crippen LogP contribution in [0.1, 0.15) is 25.5 Å². The standard InChI is InChI=1S/C16H18O3/c1-3-18-14-8-10-16(11-9-14)19-15-6-4-13(5-7-15)12(2)17/h4-12,17H,3H2,1-2H3/t12-/m1/s1. The van der Waals surface area contributed by atoms with Crippen molar-refractivity contribution in [2.75, 3.05) is 6.61 Å². The van der Waals surface area contributed by atoms with Crippen LogP contribution in [0.4, 0.5) is 0 Å². The van der Waals surface area contributed by atoms with Crippen molar-refractivity contribution in [2.24, 2.45) is 0 Å². The van der Waals surface area contributed by atoms with E-state index in [4.69, 9.17) is 9.47 Å². The van der Waals surface area contributed by atoms with E-state index in [1.807, 2.05) is 55.5 Å². The molecule has 0 saturated heterocycles. The fraction of sp³-hybridized carbons (Fsp3) is 0.250. The van der Waals surface area contributed by atoms with Crippen LogP contribution in [0.2, 0.25) is 0 Å². The maximum atomic E-state index is 9.43. The zero-order valence-corrected chi connectivity index (χ0v) is 11.2. The molecule has 0 heterocycles. The molecule has 0 fully saturated rings. The van der Waals surface area contributed by atoms with E-state index in [-0.39, 0.29) is 0 Å². The third kappa shape index (κ3) is 3.73. The van der Waals surface area contributed by atoms with Crippen LogP contribution in [0.3, 0.4) is 0 Å². The van der Waals surface area contributed by atoms with Gasteiger partial charge < -0.3 is 14.6 Å². The number of aliphatic hydroxyl groups is 1. The SMILES string of the molecule is CCOc1ccc(Oc2ccc([C@@H](C)O)cc2)cc1. The van der Waals surface area contributed by atoms with Gasteiger partial charge >= 0.3 is 0 Å². The van der Waals surface area contributed by atoms with Crippen LogP contribution in [0.25, 0.3) is 0 Å². The first-order valence-electron chi connectivity index (χ1n) is 6.38. The summed E-state index contributed by atoms with van der Waals surface area (Å²) in [4.78, 5) is 0. The first-order valence-corrected chi connectivity index (χ1v) is 6.38. The predicted octanol–water partition coefficient (Wildman–Crippen LogP) is 3.93. The van der Waals surface area contributed by atoms with E-state index in [0.29, 0.717) is 6.61 Å². The summed E-state index contributed by atoms with van der Waals surface area (Å²) in [5, 5.41) is 9.43. The molecule has 1 atom stereocenters. The van der Waals surface area contributed by atoms with E-state index < -0.39 is 6.10 Å². The van der Waals surface area contributed by atoms with Gasteiger partial charge in [-0.15, -0.1) is 0 Å². The molecule has 0 bridgehead atoms. The Morgan fingerprint density at radius 1 is 0.895 bits per heavy atom. The molecular weight excluding hydrogens is 240 g/mol. The van der Waals surface area contributed by atoms with Crippen LogP contribution in [0, 0.1) is 0 Å². The third-order valence-corrected chi connectivity index (χ3v) is 2.73. The zero-order valence-electron chi connectivity index (χ0n) is 11.2. The normalized spacial score (nSPS) is 11.9. The minimum absolute atomic E-state index is 0.459. The van der Waals surface area contributed by atoms with Gasteiger partial charge in [0.25, 0.3) is 0 Å². The summed E-state index contributed by atoms with van der Waals surface area (Å²) >= 11 is 0. The van der Waals surface area contributed by atoms with Crippen molar-refractivity contribution in [3.05, 3.63) is 54.1 Å². The van der Waals surface area contributed by atoms with Crippen LogP contribution in [-0.2, 0) is 0 Å². The van der Waals surface area contributed by atoms with Gasteiger partial charge in [0.2, 0.25) is 0 Å². The van der Waals surface area contributed by atoms with Gasteiger partial charge in [-0.2, -0.15) is 0 Å². The molecule has 0 aliphatic carbocycles. The molecule has 0 aliphatic heterocycles. The molecule has 0 amide bonds. The Hall–Kier alpha value is -2.00. The summed E-state index contributed by atoms with van der Waals surface area (Å²) in [5.74, 6) is 2.33. The van der Waals surface area contributed by atoms with Crippen molar-refractivity contribution in [2.45, 2.75) is 20.0 Å². The molecule has 2 aromatic rings. The van der Waals surface area contributed by atoms with Crippen LogP contribution in [-0.4, -0.2) is 11.7 Å². The number of aliphatic hydroxyl groups excluding tert-OH is 1. The molecule has 100 valence electrons. The van der Waals surface area contributed by atoms with Crippen molar-refractivity contribution in [3.63, 3.8) is 0 Å². The Morgan fingerprint density at radius 3 is 1.84 bits per heavy atom. The van der Waals surface area contributed by atoms with Gasteiger partial charge in [0.1, 0.15) is 17.2 Å². The van der Waals surface area contributed by atoms with Crippen LogP contribution >= 0.6 is 0 Å². The number of hydrogen-bond donors (Lipinski definition) is 1. The first kappa shape index (κ1) is 13.4. The van der Waals surface area contributed by atoms with Crippen molar-refractivity contribution in [3.8, 4) is 17.2 Å². The monoisotopic (exact) mass is 258 g/mol. The molecule has 0 saturated carbocycles. The van der Waals surface area contributed by atoms with Gasteiger partial charge in [-0.25, -0.2) is 0 Å². The van der Waals surface area contributed by atoms with Crippen LogP contribution < -0.4 is 9.47 Å². The molecular formula is C16H18O3. The molecule has 3 nitrogen and oxygen atoms in total. The van der Waals surface area contributed by atoms with Crippen molar-refractivity contribution in [1.29, 1.82) is 0 Å². The van der Waals surface area contributed by atoms with Crippen molar-refractivity contribution >= 4 is 0 Å². The molecule has 19 heavy (non-hydrogen) atoms. The Balaban J connectivity index is 2.04. The second kappa shape index (κ2) is 6.25. The van der Waals surface area contributed by atoms with Crippen LogP contribution in [0.15, 0.2) is 48.5 Å². The van der Waals surface area contributed by atoms with Gasteiger partial charge in [-0.1, -0.05) is 12.1 Å². The fourth-order valence-corrected chi connectivity index (χ4v) is 1.72. The molecule has 1 N–H and O–H groups in total. The van der Waals surface area contributed by atoms with E-state index in [2.05, 4.69) is 0 Å². The number of hydrogen-bond acceptors (Lipinski definition) is 3. The molecule has 0 aromatic heterocycles. The van der Waals surface area contributed by atoms with E-state index in [1.54, 1.807) is 6.92 Å². The lowest BCUT2D eigenvalue weighted by Crippen LogP contribution is -1.92. The Morgan fingerprint density at radius 2 is 1.37 bits per heavy atom. The summed E-state index contributed by atoms with van der Waals surface area (Å²) in [7, 11) is 0. The highest BCUT2D eigenvalue weighted by Gasteiger charge is 2.02. The van der Waals surface area contributed by atoms with Crippen LogP contribution in [0.5, 0.6) is 17.2 Å². The van der Waals surface area contributed by atoms with Gasteiger partial charge in [0.05, 0.1) is 12.7 Å². The molecule has 0 unspecified atom stereocenters. The number of ether oxygens (including phenoxy) is 2. The highest BCUT2D eigenvalue weighted by atomic mass is 16.5. The van der Waals surface area contributed by atoms with Crippen molar-refractivity contribution in [1.82, 2.24) is 0 Å². The van der Waals surface area contributed by atoms with E-state index in [1.165, 1.54) is 0 Å². The molecule has 0 aliphatic rings. The molecule has 2 aromatic carbocycles. The number of benzene rings is 2. The summed E-state index contributed by atoms with van der Waals surface area (Å²) in [6, 6.07) is 14.9. The lowest BCUT2D eigenvalue weighted by atomic mass is 10.1. The molecule has 3 heteroatoms. The summed E-state index contributed by atoms with van der Waals surface area (Å²) in [6.07, 6.45) is -0.459. The van der Waals surface area contributed by atoms with Gasteiger partial charge in [-0.3, -0.25) is 0 Å². The Labute approximate surface area is 113 Å². The zero-order chi connectivity index (χ0) is 13.7. The second-order valence-corrected chi connectivity index (χ2v) is 4.25. The smallest absolute Gasteiger partial charge is 0.127 e. The molecule has 2 rings (SSSR count). The molecule has 0 radical (unpaired) electrons. The van der Waals surface area contributed by atoms with Gasteiger partial charge in [0, 0.05) is 0 Å². The summed E-state index contributed by atoms with van der Waals surface area (Å²) in [5.41, 5.74) is 0.874. The highest BCUT2D eigenvalue weighted by Crippen LogP contribution is 2.25. The number of rotatable bonds is 5. The summed E-state index contributed by atoms with van der Waals surface area (Å²) < 4.78 is 11.1. The average molecular weight is 258 g/mol. The Kier molecular flexibility index (Phi) is 4.42. The topological polar surface area (TPSA) is 38.7 Å². The van der Waals surface area contributed by atoms with Gasteiger partial charge in [-0.05, 0) is 55.8 Å². The minimum atomic E-state index is -0.459. The van der Waals surface area contributed by atoms with Gasteiger partial charge in [0.15, 0.2) is 0 Å². The highest BCUT2D eigenvalue weighted by molar-refractivity contribution is 5.36. The van der Waals surface area contributed by atoms with E-state index in [9.17, 15) is 5.11 Å². The average Bonchev–Trinajstić information content (AvgIpc) is 2.42. The second-order valence-electron chi connectivity index (χ2n) is 4.25. The van der Waals surface area contributed by atoms with E-state index in [0.717, 1.165) is 22.8 Å². The fourth-order valence-electron chi connectivity index (χ4n) is 1.72. The quantitative estimate of drug-likeness (QED) is 0.883. The lowest BCUT2D eigenvalue weighted by Gasteiger charge is -2.09.